The lowest BCUT2D eigenvalue weighted by atomic mass is 10.0. The number of nitrogens with one attached hydrogen (secondary N) is 2. The molecule has 3 aromatic rings. The van der Waals surface area contributed by atoms with Crippen LogP contribution in [0.1, 0.15) is 22.0 Å². The summed E-state index contributed by atoms with van der Waals surface area (Å²) in [6, 6.07) is 13.6. The van der Waals surface area contributed by atoms with Crippen LogP contribution < -0.4 is 11.0 Å². The molecule has 1 fully saturated rings. The number of pyridine rings is 1. The topological polar surface area (TPSA) is 82.5 Å². The number of aromatic nitrogens is 3. The molecule has 4 rings (SSSR count). The molecule has 2 N–H and O–H groups in total. The first-order valence-corrected chi connectivity index (χ1v) is 7.87. The van der Waals surface area contributed by atoms with E-state index in [1.165, 1.54) is 4.40 Å². The van der Waals surface area contributed by atoms with Gasteiger partial charge in [-0.15, -0.1) is 0 Å². The van der Waals surface area contributed by atoms with E-state index >= 15 is 0 Å². The van der Waals surface area contributed by atoms with Crippen molar-refractivity contribution in [2.45, 2.75) is 6.04 Å². The first-order chi connectivity index (χ1) is 11.7. The molecule has 122 valence electrons. The first kappa shape index (κ1) is 14.6. The molecule has 1 atom stereocenters. The molecule has 1 aromatic carbocycles. The van der Waals surface area contributed by atoms with Crippen LogP contribution in [0.5, 0.6) is 0 Å². The van der Waals surface area contributed by atoms with Crippen molar-refractivity contribution in [1.82, 2.24) is 24.8 Å². The van der Waals surface area contributed by atoms with Crippen LogP contribution in [0.15, 0.2) is 53.5 Å². The van der Waals surface area contributed by atoms with E-state index < -0.39 is 0 Å². The second kappa shape index (κ2) is 5.93. The molecule has 0 spiro atoms. The number of amides is 1. The van der Waals surface area contributed by atoms with Crippen molar-refractivity contribution in [3.8, 4) is 0 Å². The number of piperazine rings is 1. The van der Waals surface area contributed by atoms with Crippen molar-refractivity contribution in [3.63, 3.8) is 0 Å². The largest absolute Gasteiger partial charge is 0.347 e. The van der Waals surface area contributed by atoms with Crippen molar-refractivity contribution in [2.24, 2.45) is 0 Å². The van der Waals surface area contributed by atoms with E-state index in [4.69, 9.17) is 0 Å². The first-order valence-electron chi connectivity index (χ1n) is 7.87. The Bertz CT molecular complexity index is 931. The Morgan fingerprint density at radius 3 is 2.83 bits per heavy atom. The van der Waals surface area contributed by atoms with Crippen molar-refractivity contribution in [1.29, 1.82) is 0 Å². The predicted octanol–water partition coefficient (Wildman–Crippen LogP) is 0.809. The van der Waals surface area contributed by atoms with Gasteiger partial charge in [0.25, 0.3) is 5.91 Å². The van der Waals surface area contributed by atoms with Gasteiger partial charge < -0.3 is 10.2 Å². The number of rotatable bonds is 2. The minimum Gasteiger partial charge on any atom is -0.335 e. The number of nitrogens with zero attached hydrogens (tertiary/aromatic N) is 3. The number of carbonyl (C=O) groups is 1. The zero-order chi connectivity index (χ0) is 16.5. The lowest BCUT2D eigenvalue weighted by molar-refractivity contribution is 0.0702. The molecule has 7 heteroatoms. The summed E-state index contributed by atoms with van der Waals surface area (Å²) in [6.45, 7) is 1.97. The van der Waals surface area contributed by atoms with Crippen molar-refractivity contribution in [2.75, 3.05) is 19.6 Å². The SMILES string of the molecule is O=C(c1ccc2n[nH]c(=O)n2c1)N1CCNC(c2ccccc2)C1. The van der Waals surface area contributed by atoms with Gasteiger partial charge in [-0.2, -0.15) is 5.10 Å². The highest BCUT2D eigenvalue weighted by Crippen LogP contribution is 2.18. The van der Waals surface area contributed by atoms with Gasteiger partial charge in [0, 0.05) is 31.9 Å². The third-order valence-electron chi connectivity index (χ3n) is 4.32. The van der Waals surface area contributed by atoms with Gasteiger partial charge in [0.2, 0.25) is 0 Å². The third-order valence-corrected chi connectivity index (χ3v) is 4.32. The summed E-state index contributed by atoms with van der Waals surface area (Å²) >= 11 is 0. The monoisotopic (exact) mass is 323 g/mol. The molecule has 1 aliphatic heterocycles. The highest BCUT2D eigenvalue weighted by atomic mass is 16.2. The Morgan fingerprint density at radius 1 is 1.17 bits per heavy atom. The summed E-state index contributed by atoms with van der Waals surface area (Å²) in [7, 11) is 0. The number of fused-ring (bicyclic) bond motifs is 1. The fourth-order valence-electron chi connectivity index (χ4n) is 3.06. The van der Waals surface area contributed by atoms with Crippen LogP contribution in [0.2, 0.25) is 0 Å². The van der Waals surface area contributed by atoms with E-state index in [2.05, 4.69) is 27.6 Å². The van der Waals surface area contributed by atoms with Crippen molar-refractivity contribution >= 4 is 11.6 Å². The molecule has 0 radical (unpaired) electrons. The number of benzene rings is 1. The van der Waals surface area contributed by atoms with E-state index in [1.54, 1.807) is 18.3 Å². The lowest BCUT2D eigenvalue weighted by Crippen LogP contribution is -2.48. The van der Waals surface area contributed by atoms with Crippen molar-refractivity contribution < 1.29 is 4.79 Å². The number of carbonyl (C=O) groups excluding carboxylic acids is 1. The van der Waals surface area contributed by atoms with Crippen LogP contribution >= 0.6 is 0 Å². The van der Waals surface area contributed by atoms with Gasteiger partial charge in [-0.05, 0) is 17.7 Å². The Balaban J connectivity index is 1.58. The maximum atomic E-state index is 12.8. The molecule has 3 heterocycles. The number of aromatic amines is 1. The highest BCUT2D eigenvalue weighted by molar-refractivity contribution is 5.94. The average molecular weight is 323 g/mol. The summed E-state index contributed by atoms with van der Waals surface area (Å²) < 4.78 is 1.35. The standard InChI is InChI=1S/C17H17N5O2/c23-16(13-6-7-15-19-20-17(24)22(15)10-13)21-9-8-18-14(11-21)12-4-2-1-3-5-12/h1-7,10,14,18H,8-9,11H2,(H,20,24). The minimum absolute atomic E-state index is 0.0765. The minimum atomic E-state index is -0.345. The Hall–Kier alpha value is -2.93. The lowest BCUT2D eigenvalue weighted by Gasteiger charge is -2.34. The number of hydrogen-bond acceptors (Lipinski definition) is 4. The van der Waals surface area contributed by atoms with E-state index in [9.17, 15) is 9.59 Å². The molecule has 7 nitrogen and oxygen atoms in total. The van der Waals surface area contributed by atoms with E-state index in [0.717, 1.165) is 12.1 Å². The van der Waals surface area contributed by atoms with Gasteiger partial charge in [0.1, 0.15) is 0 Å². The quantitative estimate of drug-likeness (QED) is 0.731. The molecule has 1 amide bonds. The Labute approximate surface area is 137 Å². The normalized spacial score (nSPS) is 18.0. The molecule has 0 aliphatic carbocycles. The van der Waals surface area contributed by atoms with Gasteiger partial charge in [0.05, 0.1) is 5.56 Å². The van der Waals surface area contributed by atoms with Crippen LogP contribution in [0.25, 0.3) is 5.65 Å². The van der Waals surface area contributed by atoms with Crippen LogP contribution in [-0.2, 0) is 0 Å². The fraction of sp³-hybridized carbons (Fsp3) is 0.235. The zero-order valence-electron chi connectivity index (χ0n) is 13.0. The maximum absolute atomic E-state index is 12.8. The maximum Gasteiger partial charge on any atom is 0.347 e. The number of H-pyrrole nitrogens is 1. The molecule has 2 aromatic heterocycles. The van der Waals surface area contributed by atoms with Crippen LogP contribution in [0.4, 0.5) is 0 Å². The molecule has 0 saturated carbocycles. The summed E-state index contributed by atoms with van der Waals surface area (Å²) in [5.41, 5.74) is 1.80. The van der Waals surface area contributed by atoms with Crippen LogP contribution in [0.3, 0.4) is 0 Å². The second-order valence-corrected chi connectivity index (χ2v) is 5.84. The summed E-state index contributed by atoms with van der Waals surface area (Å²) in [6.07, 6.45) is 1.54. The molecule has 1 unspecified atom stereocenters. The second-order valence-electron chi connectivity index (χ2n) is 5.84. The predicted molar refractivity (Wildman–Crippen MR) is 88.9 cm³/mol. The Kier molecular flexibility index (Phi) is 3.62. The zero-order valence-corrected chi connectivity index (χ0v) is 13.0. The van der Waals surface area contributed by atoms with Gasteiger partial charge in [0.15, 0.2) is 5.65 Å². The molecular weight excluding hydrogens is 306 g/mol. The molecule has 1 saturated heterocycles. The van der Waals surface area contributed by atoms with Crippen LogP contribution in [-0.4, -0.2) is 45.0 Å². The summed E-state index contributed by atoms with van der Waals surface area (Å²) in [5, 5.41) is 9.69. The smallest absolute Gasteiger partial charge is 0.335 e. The summed E-state index contributed by atoms with van der Waals surface area (Å²) in [4.78, 5) is 26.3. The van der Waals surface area contributed by atoms with E-state index in [1.807, 2.05) is 23.1 Å². The van der Waals surface area contributed by atoms with Crippen LogP contribution in [0, 0.1) is 0 Å². The van der Waals surface area contributed by atoms with Gasteiger partial charge >= 0.3 is 5.69 Å². The molecule has 0 bridgehead atoms. The Morgan fingerprint density at radius 2 is 2.00 bits per heavy atom. The van der Waals surface area contributed by atoms with Gasteiger partial charge in [-0.1, -0.05) is 30.3 Å². The van der Waals surface area contributed by atoms with Gasteiger partial charge in [-0.3, -0.25) is 4.79 Å². The molecule has 1 aliphatic rings. The average Bonchev–Trinajstić information content (AvgIpc) is 3.02. The fourth-order valence-corrected chi connectivity index (χ4v) is 3.06. The number of hydrogen-bond donors (Lipinski definition) is 2. The molecular formula is C17H17N5O2. The van der Waals surface area contributed by atoms with Gasteiger partial charge in [-0.25, -0.2) is 14.3 Å². The van der Waals surface area contributed by atoms with E-state index in [-0.39, 0.29) is 17.6 Å². The van der Waals surface area contributed by atoms with Crippen molar-refractivity contribution in [3.05, 3.63) is 70.3 Å². The highest BCUT2D eigenvalue weighted by Gasteiger charge is 2.25. The summed E-state index contributed by atoms with van der Waals surface area (Å²) in [5.74, 6) is -0.0765. The third kappa shape index (κ3) is 2.59. The van der Waals surface area contributed by atoms with E-state index in [0.29, 0.717) is 24.3 Å². The molecule has 24 heavy (non-hydrogen) atoms.